The van der Waals surface area contributed by atoms with Crippen LogP contribution in [0.25, 0.3) is 17.0 Å². The first-order valence-electron chi connectivity index (χ1n) is 22.6. The second kappa shape index (κ2) is 17.4. The monoisotopic (exact) mass is 959 g/mol. The molecule has 0 unspecified atom stereocenters. The molecule has 18 heteroatoms. The fourth-order valence-electron chi connectivity index (χ4n) is 11.4. The van der Waals surface area contributed by atoms with Gasteiger partial charge >= 0.3 is 42.0 Å². The molecule has 9 rings (SSSR count). The highest BCUT2D eigenvalue weighted by molar-refractivity contribution is 5.97. The van der Waals surface area contributed by atoms with Crippen LogP contribution in [0.15, 0.2) is 102 Å². The first-order valence-corrected chi connectivity index (χ1v) is 22.6. The molecule has 2 bridgehead atoms. The Kier molecular flexibility index (Phi) is 11.8. The zero-order chi connectivity index (χ0) is 50.1. The summed E-state index contributed by atoms with van der Waals surface area (Å²) in [6.45, 7) is 9.09. The van der Waals surface area contributed by atoms with Gasteiger partial charge in [-0.05, 0) is 73.0 Å². The van der Waals surface area contributed by atoms with Crippen molar-refractivity contribution in [2.45, 2.75) is 103 Å². The lowest BCUT2D eigenvalue weighted by atomic mass is 9.44. The quantitative estimate of drug-likeness (QED) is 0.0600. The minimum Gasteiger partial charge on any atom is -0.458 e. The van der Waals surface area contributed by atoms with Crippen LogP contribution < -0.4 is 4.74 Å². The molecule has 0 amide bonds. The number of carbonyl (C=O) groups is 8. The summed E-state index contributed by atoms with van der Waals surface area (Å²) in [5.41, 5.74) is -6.25. The Balaban J connectivity index is 1.15. The van der Waals surface area contributed by atoms with Crippen LogP contribution in [0.1, 0.15) is 81.3 Å². The van der Waals surface area contributed by atoms with Crippen molar-refractivity contribution in [3.05, 3.63) is 119 Å². The van der Waals surface area contributed by atoms with E-state index in [1.807, 2.05) is 24.3 Å². The smallest absolute Gasteiger partial charge is 0.458 e. The van der Waals surface area contributed by atoms with Gasteiger partial charge in [-0.25, -0.2) is 19.2 Å². The summed E-state index contributed by atoms with van der Waals surface area (Å²) in [4.78, 5) is 114. The number of hydrogen-bond donors (Lipinski definition) is 1. The Bertz CT molecular complexity index is 2880. The number of nitrogens with one attached hydrogen (secondary N) is 1. The van der Waals surface area contributed by atoms with Gasteiger partial charge in [0.2, 0.25) is 5.60 Å². The number of benzene rings is 3. The molecule has 10 atom stereocenters. The van der Waals surface area contributed by atoms with Crippen molar-refractivity contribution in [3.63, 3.8) is 0 Å². The predicted octanol–water partition coefficient (Wildman–Crippen LogP) is 6.34. The van der Waals surface area contributed by atoms with E-state index in [4.69, 9.17) is 42.6 Å². The molecule has 2 aliphatic heterocycles. The highest BCUT2D eigenvalue weighted by Crippen LogP contribution is 2.67. The normalized spacial score (nSPS) is 30.4. The van der Waals surface area contributed by atoms with E-state index < -0.39 is 112 Å². The van der Waals surface area contributed by atoms with Gasteiger partial charge in [-0.1, -0.05) is 62.4 Å². The number of fused-ring (bicyclic) bond motifs is 5. The summed E-state index contributed by atoms with van der Waals surface area (Å²) in [6, 6.07) is 23.1. The Morgan fingerprint density at radius 3 is 2.11 bits per heavy atom. The molecule has 2 saturated carbocycles. The van der Waals surface area contributed by atoms with Gasteiger partial charge < -0.3 is 47.6 Å². The average Bonchev–Trinajstić information content (AvgIpc) is 3.91. The van der Waals surface area contributed by atoms with Crippen LogP contribution in [0.4, 0.5) is 4.79 Å². The first-order chi connectivity index (χ1) is 33.2. The molecule has 3 heterocycles. The third kappa shape index (κ3) is 7.60. The van der Waals surface area contributed by atoms with Gasteiger partial charge in [0.05, 0.1) is 23.5 Å². The number of aromatic amines is 1. The molecule has 4 aromatic rings. The Morgan fingerprint density at radius 1 is 0.786 bits per heavy atom. The summed E-state index contributed by atoms with van der Waals surface area (Å²) in [5, 5.41) is 0.841. The van der Waals surface area contributed by atoms with Crippen molar-refractivity contribution in [1.82, 2.24) is 4.98 Å². The van der Waals surface area contributed by atoms with Gasteiger partial charge in [0.25, 0.3) is 0 Å². The van der Waals surface area contributed by atoms with Crippen molar-refractivity contribution in [1.29, 1.82) is 0 Å². The maximum Gasteiger partial charge on any atom is 0.509 e. The molecule has 2 saturated heterocycles. The van der Waals surface area contributed by atoms with E-state index in [9.17, 15) is 33.6 Å². The molecule has 70 heavy (non-hydrogen) atoms. The number of carbonyl (C=O) groups excluding carboxylic acids is 8. The molecule has 1 spiro atoms. The number of para-hydroxylation sites is 1. The summed E-state index contributed by atoms with van der Waals surface area (Å²) in [7, 11) is 0. The van der Waals surface area contributed by atoms with Crippen molar-refractivity contribution >= 4 is 64.7 Å². The number of H-pyrrole nitrogens is 1. The van der Waals surface area contributed by atoms with E-state index in [-0.39, 0.29) is 41.2 Å². The molecule has 4 fully saturated rings. The second-order valence-corrected chi connectivity index (χ2v) is 18.8. The molecule has 18 nitrogen and oxygen atoms in total. The standard InChI is InChI=1S/C52H49NO17/c1-26-39-41(64-28(3)55)43(58)50(7)36(66-38(57)22-19-30-17-20-33(21-18-30)65-47(60)35-23-32-15-11-12-16-34(32)53-35)24-37-51(25-62-37,69-29(4)56)42(50)45(67-46(59)31-13-9-8-10-14-31)52(49(39,5)6)44(68-48(61)70-52)40(26)63-27(2)54/h8-23,36-37,40-42,44-45,53H,24-25H2,1-7H3/b22-19+/t36-,37+,40+,41+,42-,44-,45-,50+,51-,52+/m0/s1. The second-order valence-electron chi connectivity index (χ2n) is 18.8. The maximum atomic E-state index is 16.1. The number of aromatic nitrogens is 1. The van der Waals surface area contributed by atoms with Gasteiger partial charge in [-0.15, -0.1) is 0 Å². The molecular formula is C52H49NO17. The van der Waals surface area contributed by atoms with Gasteiger partial charge in [0, 0.05) is 49.6 Å². The van der Waals surface area contributed by atoms with Crippen LogP contribution in [0.2, 0.25) is 0 Å². The van der Waals surface area contributed by atoms with E-state index in [0.29, 0.717) is 5.56 Å². The largest absolute Gasteiger partial charge is 0.509 e. The van der Waals surface area contributed by atoms with Crippen LogP contribution in [0.3, 0.4) is 0 Å². The Morgan fingerprint density at radius 2 is 1.47 bits per heavy atom. The summed E-state index contributed by atoms with van der Waals surface area (Å²) in [6.07, 6.45) is -8.45. The molecule has 3 aromatic carbocycles. The van der Waals surface area contributed by atoms with Crippen molar-refractivity contribution in [2.75, 3.05) is 6.61 Å². The molecule has 5 aliphatic rings. The average molecular weight is 960 g/mol. The Hall–Kier alpha value is -7.60. The van der Waals surface area contributed by atoms with E-state index >= 15 is 4.79 Å². The number of hydrogen-bond acceptors (Lipinski definition) is 17. The van der Waals surface area contributed by atoms with E-state index in [1.165, 1.54) is 44.2 Å². The first kappa shape index (κ1) is 47.5. The number of esters is 6. The Labute approximate surface area is 400 Å². The maximum absolute atomic E-state index is 16.1. The van der Waals surface area contributed by atoms with Gasteiger partial charge in [-0.2, -0.15) is 0 Å². The SMILES string of the molecule is CC(=O)O[C@H]1C(=O)[C@]2(C)[C@@H](OC(=O)/C=C/c3ccc(OC(=O)c4cc5ccccc5[nH]4)cc3)C[C@H]3OC[C@@]3(OC(C)=O)[C@H]2[C@H](OC(=O)c2ccccc2)[C@]23OC(=O)O[C@H]2[C@H](OC(C)=O)C(C)=C1C3(C)C. The minimum absolute atomic E-state index is 0.0304. The van der Waals surface area contributed by atoms with Crippen molar-refractivity contribution in [2.24, 2.45) is 16.7 Å². The van der Waals surface area contributed by atoms with Gasteiger partial charge in [0.1, 0.15) is 23.7 Å². The third-order valence-corrected chi connectivity index (χ3v) is 14.4. The minimum atomic E-state index is -2.27. The lowest BCUT2D eigenvalue weighted by molar-refractivity contribution is -0.346. The molecule has 1 aromatic heterocycles. The zero-order valence-corrected chi connectivity index (χ0v) is 39.1. The number of ketones is 1. The van der Waals surface area contributed by atoms with Crippen LogP contribution in [-0.2, 0) is 61.9 Å². The lowest BCUT2D eigenvalue weighted by Gasteiger charge is -2.67. The predicted molar refractivity (Wildman–Crippen MR) is 241 cm³/mol. The lowest BCUT2D eigenvalue weighted by Crippen LogP contribution is -2.83. The van der Waals surface area contributed by atoms with E-state index in [0.717, 1.165) is 37.8 Å². The van der Waals surface area contributed by atoms with Crippen LogP contribution in [-0.4, -0.2) is 107 Å². The van der Waals surface area contributed by atoms with Crippen molar-refractivity contribution < 1.29 is 81.0 Å². The molecule has 0 radical (unpaired) electrons. The van der Waals surface area contributed by atoms with E-state index in [2.05, 4.69) is 4.98 Å². The summed E-state index contributed by atoms with van der Waals surface area (Å²) >= 11 is 0. The number of rotatable bonds is 10. The highest BCUT2D eigenvalue weighted by atomic mass is 16.8. The highest BCUT2D eigenvalue weighted by Gasteiger charge is 2.83. The van der Waals surface area contributed by atoms with Crippen molar-refractivity contribution in [3.8, 4) is 5.75 Å². The van der Waals surface area contributed by atoms with Crippen LogP contribution in [0.5, 0.6) is 5.75 Å². The number of ether oxygens (including phenoxy) is 9. The topological polar surface area (TPSA) is 235 Å². The van der Waals surface area contributed by atoms with Gasteiger partial charge in [0.15, 0.2) is 35.8 Å². The molecule has 364 valence electrons. The summed E-state index contributed by atoms with van der Waals surface area (Å²) in [5.74, 6) is -7.36. The molecule has 1 N–H and O–H groups in total. The fraction of sp³-hybridized carbons (Fsp3) is 0.385. The fourth-order valence-corrected chi connectivity index (χ4v) is 11.4. The summed E-state index contributed by atoms with van der Waals surface area (Å²) < 4.78 is 54.9. The van der Waals surface area contributed by atoms with Crippen LogP contribution >= 0.6 is 0 Å². The number of Topliss-reactive ketones (excluding diaryl/α,β-unsaturated/α-hetero) is 1. The van der Waals surface area contributed by atoms with Gasteiger partial charge in [-0.3, -0.25) is 19.2 Å². The third-order valence-electron chi connectivity index (χ3n) is 14.4. The molecule has 3 aliphatic carbocycles. The van der Waals surface area contributed by atoms with E-state index in [1.54, 1.807) is 50.2 Å². The van der Waals surface area contributed by atoms with Crippen LogP contribution in [0, 0.1) is 16.7 Å². The zero-order valence-electron chi connectivity index (χ0n) is 39.1. The molecular weight excluding hydrogens is 911 g/mol.